The van der Waals surface area contributed by atoms with Crippen LogP contribution in [0.4, 0.5) is 43.8 Å². The van der Waals surface area contributed by atoms with Crippen LogP contribution in [0, 0.1) is 0 Å². The fraction of sp³-hybridized carbons (Fsp3) is 0.125. The molecule has 0 bridgehead atoms. The van der Waals surface area contributed by atoms with Crippen molar-refractivity contribution in [2.75, 3.05) is 11.1 Å². The molecule has 0 aliphatic rings. The van der Waals surface area contributed by atoms with Gasteiger partial charge in [-0.15, -0.1) is 0 Å². The quantitative estimate of drug-likeness (QED) is 0.638. The van der Waals surface area contributed by atoms with Gasteiger partial charge in [0.1, 0.15) is 28.8 Å². The summed E-state index contributed by atoms with van der Waals surface area (Å²) in [6.07, 6.45) is -8.29. The molecule has 12 heteroatoms. The predicted octanol–water partition coefficient (Wildman–Crippen LogP) is 4.30. The summed E-state index contributed by atoms with van der Waals surface area (Å²) >= 11 is 0. The van der Waals surface area contributed by atoms with Gasteiger partial charge in [0.15, 0.2) is 5.82 Å². The molecule has 3 rings (SSSR count). The van der Waals surface area contributed by atoms with E-state index in [9.17, 15) is 26.3 Å². The molecular weight excluding hydrogens is 390 g/mol. The number of aromatic nitrogens is 4. The summed E-state index contributed by atoms with van der Waals surface area (Å²) in [6.45, 7) is 0. The highest BCUT2D eigenvalue weighted by Crippen LogP contribution is 2.31. The molecule has 0 unspecified atom stereocenters. The molecule has 0 aliphatic heterocycles. The lowest BCUT2D eigenvalue weighted by Gasteiger charge is -2.11. The molecule has 0 saturated carbocycles. The van der Waals surface area contributed by atoms with Gasteiger partial charge in [-0.1, -0.05) is 6.07 Å². The van der Waals surface area contributed by atoms with Gasteiger partial charge in [0.2, 0.25) is 0 Å². The first-order valence-corrected chi connectivity index (χ1v) is 7.52. The minimum Gasteiger partial charge on any atom is -0.384 e. The number of nitrogens with two attached hydrogens (primary N) is 1. The van der Waals surface area contributed by atoms with Gasteiger partial charge in [-0.25, -0.2) is 19.9 Å². The number of nitrogens with one attached hydrogen (secondary N) is 1. The SMILES string of the molecule is Nc1cc(Nc2cc(C(F)(F)F)ccn2)nc(-c2cccc(C(F)(F)F)n2)n1. The van der Waals surface area contributed by atoms with Crippen LogP contribution in [0.25, 0.3) is 11.5 Å². The van der Waals surface area contributed by atoms with E-state index in [2.05, 4.69) is 25.3 Å². The maximum absolute atomic E-state index is 12.8. The number of hydrogen-bond donors (Lipinski definition) is 2. The second-order valence-electron chi connectivity index (χ2n) is 5.46. The van der Waals surface area contributed by atoms with Crippen molar-refractivity contribution in [1.29, 1.82) is 0 Å². The Morgan fingerprint density at radius 1 is 0.821 bits per heavy atom. The molecule has 28 heavy (non-hydrogen) atoms. The molecule has 0 spiro atoms. The van der Waals surface area contributed by atoms with Crippen LogP contribution in [0.2, 0.25) is 0 Å². The van der Waals surface area contributed by atoms with Crippen molar-refractivity contribution in [2.45, 2.75) is 12.4 Å². The van der Waals surface area contributed by atoms with Gasteiger partial charge in [-0.3, -0.25) is 0 Å². The topological polar surface area (TPSA) is 89.6 Å². The van der Waals surface area contributed by atoms with E-state index in [4.69, 9.17) is 5.73 Å². The molecule has 3 aromatic heterocycles. The van der Waals surface area contributed by atoms with E-state index in [1.165, 1.54) is 12.1 Å². The van der Waals surface area contributed by atoms with Gasteiger partial charge in [-0.2, -0.15) is 26.3 Å². The van der Waals surface area contributed by atoms with E-state index in [0.717, 1.165) is 30.5 Å². The van der Waals surface area contributed by atoms with Crippen LogP contribution >= 0.6 is 0 Å². The van der Waals surface area contributed by atoms with Gasteiger partial charge in [0, 0.05) is 12.3 Å². The van der Waals surface area contributed by atoms with Crippen LogP contribution in [0.1, 0.15) is 11.3 Å². The van der Waals surface area contributed by atoms with Crippen molar-refractivity contribution < 1.29 is 26.3 Å². The first kappa shape index (κ1) is 19.3. The minimum atomic E-state index is -4.67. The van der Waals surface area contributed by atoms with Gasteiger partial charge < -0.3 is 11.1 Å². The van der Waals surface area contributed by atoms with E-state index in [1.807, 2.05) is 0 Å². The number of nitrogens with zero attached hydrogens (tertiary/aromatic N) is 4. The number of pyridine rings is 2. The van der Waals surface area contributed by atoms with E-state index in [1.54, 1.807) is 0 Å². The number of nitrogen functional groups attached to an aromatic ring is 1. The lowest BCUT2D eigenvalue weighted by Crippen LogP contribution is -2.09. The summed E-state index contributed by atoms with van der Waals surface area (Å²) in [5.74, 6) is -0.608. The normalized spacial score (nSPS) is 12.1. The zero-order chi connectivity index (χ0) is 20.5. The smallest absolute Gasteiger partial charge is 0.384 e. The van der Waals surface area contributed by atoms with Gasteiger partial charge in [0.25, 0.3) is 0 Å². The Hall–Kier alpha value is -3.44. The number of alkyl halides is 6. The van der Waals surface area contributed by atoms with Crippen LogP contribution in [0.5, 0.6) is 0 Å². The number of anilines is 3. The van der Waals surface area contributed by atoms with Crippen molar-refractivity contribution >= 4 is 17.5 Å². The van der Waals surface area contributed by atoms with Gasteiger partial charge >= 0.3 is 12.4 Å². The predicted molar refractivity (Wildman–Crippen MR) is 87.2 cm³/mol. The van der Waals surface area contributed by atoms with Crippen molar-refractivity contribution in [3.05, 3.63) is 53.9 Å². The van der Waals surface area contributed by atoms with E-state index in [0.29, 0.717) is 0 Å². The Morgan fingerprint density at radius 3 is 2.25 bits per heavy atom. The van der Waals surface area contributed by atoms with Crippen molar-refractivity contribution in [2.24, 2.45) is 0 Å². The maximum atomic E-state index is 12.8. The van der Waals surface area contributed by atoms with Gasteiger partial charge in [-0.05, 0) is 24.3 Å². The third-order valence-electron chi connectivity index (χ3n) is 3.36. The van der Waals surface area contributed by atoms with E-state index in [-0.39, 0.29) is 29.0 Å². The van der Waals surface area contributed by atoms with Crippen LogP contribution in [-0.2, 0) is 12.4 Å². The lowest BCUT2D eigenvalue weighted by atomic mass is 10.2. The average Bonchev–Trinajstić information content (AvgIpc) is 2.60. The second-order valence-corrected chi connectivity index (χ2v) is 5.46. The summed E-state index contributed by atoms with van der Waals surface area (Å²) in [5.41, 5.74) is 3.34. The van der Waals surface area contributed by atoms with Crippen molar-refractivity contribution in [3.63, 3.8) is 0 Å². The second kappa shape index (κ2) is 6.94. The zero-order valence-electron chi connectivity index (χ0n) is 13.7. The zero-order valence-corrected chi connectivity index (χ0v) is 13.7. The van der Waals surface area contributed by atoms with Crippen LogP contribution < -0.4 is 11.1 Å². The molecule has 0 fully saturated rings. The molecule has 3 N–H and O–H groups in total. The van der Waals surface area contributed by atoms with Crippen LogP contribution in [0.3, 0.4) is 0 Å². The fourth-order valence-electron chi connectivity index (χ4n) is 2.17. The fourth-order valence-corrected chi connectivity index (χ4v) is 2.17. The highest BCUT2D eigenvalue weighted by molar-refractivity contribution is 5.61. The summed E-state index contributed by atoms with van der Waals surface area (Å²) < 4.78 is 76.8. The van der Waals surface area contributed by atoms with Crippen LogP contribution in [-0.4, -0.2) is 19.9 Å². The molecule has 0 radical (unpaired) electrons. The number of halogens is 6. The van der Waals surface area contributed by atoms with Gasteiger partial charge in [0.05, 0.1) is 5.56 Å². The Bertz CT molecular complexity index is 1000. The molecular formula is C16H10F6N6. The standard InChI is InChI=1S/C16H10F6N6/c17-15(18,19)8-4-5-24-12(6-8)27-13-7-11(23)26-14(28-13)9-2-1-3-10(25-9)16(20,21)22/h1-7H,(H3,23,24,26,27,28). The molecule has 146 valence electrons. The number of hydrogen-bond acceptors (Lipinski definition) is 6. The summed E-state index contributed by atoms with van der Waals surface area (Å²) in [7, 11) is 0. The highest BCUT2D eigenvalue weighted by atomic mass is 19.4. The van der Waals surface area contributed by atoms with Crippen LogP contribution in [0.15, 0.2) is 42.6 Å². The Kier molecular flexibility index (Phi) is 4.79. The van der Waals surface area contributed by atoms with E-state index >= 15 is 0 Å². The molecule has 0 aromatic carbocycles. The molecule has 0 atom stereocenters. The summed E-state index contributed by atoms with van der Waals surface area (Å²) in [4.78, 5) is 15.0. The van der Waals surface area contributed by atoms with Crippen molar-refractivity contribution in [3.8, 4) is 11.5 Å². The highest BCUT2D eigenvalue weighted by Gasteiger charge is 2.33. The average molecular weight is 400 g/mol. The molecule has 6 nitrogen and oxygen atoms in total. The molecule has 0 amide bonds. The number of rotatable bonds is 3. The third kappa shape index (κ3) is 4.45. The lowest BCUT2D eigenvalue weighted by molar-refractivity contribution is -0.141. The first-order chi connectivity index (χ1) is 13.0. The Morgan fingerprint density at radius 2 is 1.57 bits per heavy atom. The largest absolute Gasteiger partial charge is 0.433 e. The molecule has 0 aliphatic carbocycles. The summed E-state index contributed by atoms with van der Waals surface area (Å²) in [5, 5.41) is 2.52. The third-order valence-corrected chi connectivity index (χ3v) is 3.36. The Labute approximate surface area is 153 Å². The first-order valence-electron chi connectivity index (χ1n) is 7.52. The Balaban J connectivity index is 1.95. The van der Waals surface area contributed by atoms with Crippen molar-refractivity contribution in [1.82, 2.24) is 19.9 Å². The molecule has 3 aromatic rings. The monoisotopic (exact) mass is 400 g/mol. The minimum absolute atomic E-state index is 0.0615. The molecule has 0 saturated heterocycles. The maximum Gasteiger partial charge on any atom is 0.433 e. The molecule has 3 heterocycles. The summed E-state index contributed by atoms with van der Waals surface area (Å²) in [6, 6.07) is 5.88. The van der Waals surface area contributed by atoms with E-state index < -0.39 is 23.6 Å².